The van der Waals surface area contributed by atoms with Crippen LogP contribution in [0.15, 0.2) is 42.5 Å². The molecule has 82 valence electrons. The molecular weight excluding hydrogens is 363 g/mol. The molecule has 0 aliphatic heterocycles. The Kier molecular flexibility index (Phi) is 16.3. The molecule has 0 atom stereocenters. The number of benzene rings is 1. The molecule has 0 aliphatic carbocycles. The van der Waals surface area contributed by atoms with Gasteiger partial charge in [-0.15, -0.1) is 29.7 Å². The van der Waals surface area contributed by atoms with Crippen LogP contribution in [0.5, 0.6) is 0 Å². The Hall–Kier alpha value is -0.0830. The zero-order valence-electron chi connectivity index (χ0n) is 10.0. The monoisotopic (exact) mass is 383 g/mol. The normalized spacial score (nSPS) is 7.33. The van der Waals surface area contributed by atoms with Crippen LogP contribution in [0.25, 0.3) is 10.8 Å². The van der Waals surface area contributed by atoms with E-state index in [1.165, 1.54) is 10.8 Å². The summed E-state index contributed by atoms with van der Waals surface area (Å²) in [7, 11) is 1.08. The molecule has 0 aliphatic rings. The second kappa shape index (κ2) is 12.0. The summed E-state index contributed by atoms with van der Waals surface area (Å²) >= 11 is 0. The first-order valence-electron chi connectivity index (χ1n) is 4.07. The molecule has 2 heteroatoms. The van der Waals surface area contributed by atoms with E-state index in [1.54, 1.807) is 0 Å². The average Bonchev–Trinajstić information content (AvgIpc) is 2.52. The van der Waals surface area contributed by atoms with Crippen molar-refractivity contribution in [2.45, 2.75) is 13.1 Å². The van der Waals surface area contributed by atoms with Crippen LogP contribution < -0.4 is 0 Å². The molecule has 2 rings (SSSR count). The fraction of sp³-hybridized carbons (Fsp3) is 0.154. The van der Waals surface area contributed by atoms with Gasteiger partial charge in [-0.3, -0.25) is 0 Å². The van der Waals surface area contributed by atoms with Crippen molar-refractivity contribution in [3.63, 3.8) is 0 Å². The van der Waals surface area contributed by atoms with Gasteiger partial charge in [0.15, 0.2) is 0 Å². The van der Waals surface area contributed by atoms with Crippen LogP contribution in [-0.2, 0) is 25.8 Å². The fourth-order valence-electron chi connectivity index (χ4n) is 1.07. The first-order chi connectivity index (χ1) is 5.88. The third kappa shape index (κ3) is 6.91. The minimum atomic E-state index is 0. The maximum atomic E-state index is 2.15. The molecule has 0 unspecified atom stereocenters. The summed E-state index contributed by atoms with van der Waals surface area (Å²) in [6, 6.07) is 14.7. The Labute approximate surface area is 116 Å². The first-order valence-corrected chi connectivity index (χ1v) is 6.07. The maximum Gasteiger partial charge on any atom is 0.0307 e. The van der Waals surface area contributed by atoms with E-state index in [2.05, 4.69) is 55.6 Å². The van der Waals surface area contributed by atoms with E-state index < -0.39 is 0 Å². The second-order valence-corrected chi connectivity index (χ2v) is 3.65. The van der Waals surface area contributed by atoms with E-state index in [4.69, 9.17) is 0 Å². The van der Waals surface area contributed by atoms with Crippen molar-refractivity contribution in [1.29, 1.82) is 0 Å². The molecule has 2 aromatic carbocycles. The summed E-state index contributed by atoms with van der Waals surface area (Å²) in [5.41, 5.74) is 0. The molecule has 0 bridgehead atoms. The molecule has 15 heavy (non-hydrogen) atoms. The van der Waals surface area contributed by atoms with Crippen molar-refractivity contribution < 1.29 is 25.8 Å². The molecule has 2 radical (unpaired) electrons. The van der Waals surface area contributed by atoms with Gasteiger partial charge in [-0.1, -0.05) is 19.2 Å². The van der Waals surface area contributed by atoms with Gasteiger partial charge in [0.25, 0.3) is 0 Å². The van der Waals surface area contributed by atoms with Gasteiger partial charge >= 0.3 is 0 Å². The third-order valence-electron chi connectivity index (χ3n) is 1.55. The van der Waals surface area contributed by atoms with Crippen molar-refractivity contribution in [3.05, 3.63) is 57.3 Å². The van der Waals surface area contributed by atoms with E-state index in [0.717, 1.165) is 9.52 Å². The summed E-state index contributed by atoms with van der Waals surface area (Å²) in [6.07, 6.45) is 0. The molecule has 0 saturated heterocycles. The Bertz CT molecular complexity index is 298. The predicted molar refractivity (Wildman–Crippen MR) is 69.9 cm³/mol. The Morgan fingerprint density at radius 1 is 1.00 bits per heavy atom. The standard InChI is InChI=1S/C9H7.C2H6Si.2CH3.Hf/c1-2-5-9-7-3-6-8(9)4-1;1-3-2;;;/h1-7H;1-2H3;2*1H3;/q-1;;2*-1;. The fourth-order valence-corrected chi connectivity index (χ4v) is 1.07. The van der Waals surface area contributed by atoms with Gasteiger partial charge in [0.2, 0.25) is 0 Å². The average molecular weight is 382 g/mol. The summed E-state index contributed by atoms with van der Waals surface area (Å²) < 4.78 is 0. The van der Waals surface area contributed by atoms with Crippen molar-refractivity contribution in [2.24, 2.45) is 0 Å². The zero-order chi connectivity index (χ0) is 8.81. The van der Waals surface area contributed by atoms with Gasteiger partial charge in [0.1, 0.15) is 0 Å². The number of hydrogen-bond donors (Lipinski definition) is 0. The van der Waals surface area contributed by atoms with E-state index >= 15 is 0 Å². The topological polar surface area (TPSA) is 0 Å². The SMILES string of the molecule is C[Si]C.[CH3-].[CH3-].[Hf].c1ccc2[cH-]ccc2c1. The van der Waals surface area contributed by atoms with Gasteiger partial charge in [-0.25, -0.2) is 0 Å². The van der Waals surface area contributed by atoms with Gasteiger partial charge < -0.3 is 14.9 Å². The minimum absolute atomic E-state index is 0. The van der Waals surface area contributed by atoms with Crippen molar-refractivity contribution in [2.75, 3.05) is 0 Å². The molecule has 0 aromatic heterocycles. The van der Waals surface area contributed by atoms with Crippen molar-refractivity contribution >= 4 is 20.3 Å². The van der Waals surface area contributed by atoms with Crippen LogP contribution in [0, 0.1) is 14.9 Å². The van der Waals surface area contributed by atoms with Crippen LogP contribution >= 0.6 is 0 Å². The molecule has 0 saturated carbocycles. The number of rotatable bonds is 0. The van der Waals surface area contributed by atoms with Gasteiger partial charge in [0.05, 0.1) is 0 Å². The molecule has 0 fully saturated rings. The molecular formula is C13H19HfSi-3. The van der Waals surface area contributed by atoms with E-state index in [1.807, 2.05) is 0 Å². The summed E-state index contributed by atoms with van der Waals surface area (Å²) in [5, 5.41) is 2.66. The van der Waals surface area contributed by atoms with Crippen molar-refractivity contribution in [3.8, 4) is 0 Å². The van der Waals surface area contributed by atoms with Crippen LogP contribution in [0.2, 0.25) is 13.1 Å². The third-order valence-corrected chi connectivity index (χ3v) is 1.55. The van der Waals surface area contributed by atoms with Gasteiger partial charge in [-0.2, -0.15) is 17.5 Å². The van der Waals surface area contributed by atoms with Crippen LogP contribution in [0.3, 0.4) is 0 Å². The number of hydrogen-bond acceptors (Lipinski definition) is 0. The summed E-state index contributed by atoms with van der Waals surface area (Å²) in [4.78, 5) is 0. The van der Waals surface area contributed by atoms with E-state index in [9.17, 15) is 0 Å². The molecule has 0 N–H and O–H groups in total. The molecule has 2 aromatic rings. The van der Waals surface area contributed by atoms with Crippen LogP contribution in [0.1, 0.15) is 0 Å². The molecule has 0 spiro atoms. The van der Waals surface area contributed by atoms with Gasteiger partial charge in [-0.05, 0) is 0 Å². The van der Waals surface area contributed by atoms with E-state index in [0.29, 0.717) is 0 Å². The van der Waals surface area contributed by atoms with Crippen LogP contribution in [0.4, 0.5) is 0 Å². The molecule has 0 nitrogen and oxygen atoms in total. The van der Waals surface area contributed by atoms with Crippen LogP contribution in [-0.4, -0.2) is 9.52 Å². The predicted octanol–water partition coefficient (Wildman–Crippen LogP) is 4.24. The molecule has 0 heterocycles. The second-order valence-electron chi connectivity index (χ2n) is 2.65. The Morgan fingerprint density at radius 2 is 1.53 bits per heavy atom. The number of fused-ring (bicyclic) bond motifs is 1. The van der Waals surface area contributed by atoms with Gasteiger partial charge in [0, 0.05) is 35.4 Å². The smallest absolute Gasteiger partial charge is 0.0307 e. The Morgan fingerprint density at radius 3 is 2.07 bits per heavy atom. The first kappa shape index (κ1) is 20.3. The zero-order valence-corrected chi connectivity index (χ0v) is 14.6. The summed E-state index contributed by atoms with van der Waals surface area (Å²) in [6.45, 7) is 4.31. The Balaban J connectivity index is -0.000000220. The maximum absolute atomic E-state index is 2.15. The minimum Gasteiger partial charge on any atom is -0.358 e. The van der Waals surface area contributed by atoms with E-state index in [-0.39, 0.29) is 40.7 Å². The van der Waals surface area contributed by atoms with Crippen molar-refractivity contribution in [1.82, 2.24) is 0 Å². The molecule has 0 amide bonds. The quantitative estimate of drug-likeness (QED) is 0.473. The summed E-state index contributed by atoms with van der Waals surface area (Å²) in [5.74, 6) is 0. The largest absolute Gasteiger partial charge is 0.358 e.